The molecule has 5 atom stereocenters. The number of rotatable bonds is 4. The van der Waals surface area contributed by atoms with Crippen LogP contribution in [0.15, 0.2) is 5.03 Å². The van der Waals surface area contributed by atoms with Crippen LogP contribution in [-0.2, 0) is 20.4 Å². The van der Waals surface area contributed by atoms with Crippen LogP contribution < -0.4 is 0 Å². The van der Waals surface area contributed by atoms with Crippen molar-refractivity contribution in [3.63, 3.8) is 0 Å². The first-order valence-corrected chi connectivity index (χ1v) is 11.1. The first-order chi connectivity index (χ1) is 12.0. The number of aromatic nitrogens is 2. The van der Waals surface area contributed by atoms with Crippen molar-refractivity contribution in [1.29, 1.82) is 0 Å². The molecule has 4 rings (SSSR count). The number of hydrogen-bond acceptors (Lipinski definition) is 8. The summed E-state index contributed by atoms with van der Waals surface area (Å²) < 4.78 is 20.3. The third kappa shape index (κ3) is 4.78. The molecular weight excluding hydrogens is 386 g/mol. The molecule has 1 aromatic heterocycles. The predicted molar refractivity (Wildman–Crippen MR) is 94.6 cm³/mol. The van der Waals surface area contributed by atoms with Crippen molar-refractivity contribution < 1.29 is 24.0 Å². The number of carbonyl (C=O) groups is 2. The number of piperidine rings is 1. The van der Waals surface area contributed by atoms with Gasteiger partial charge in [0.2, 0.25) is 0 Å². The normalized spacial score (nSPS) is 32.6. The molecule has 2 N–H and O–H groups in total. The van der Waals surface area contributed by atoms with Crippen molar-refractivity contribution in [2.45, 2.75) is 29.0 Å². The van der Waals surface area contributed by atoms with E-state index in [9.17, 15) is 4.21 Å². The molecule has 2 bridgehead atoms. The quantitative estimate of drug-likeness (QED) is 0.424. The standard InChI is InChI=1S/C12H17N3OS3.C2H2O4/c16-19-7-9(19)6-17-12-11(13-18-14-12)10-5-15-3-1-2-8(10)4-15;3-1(4)2(5)6/h8-10H,1-7H2;(H,3,4)(H,5,6)/t8-,9?,10-,19?;/m0./s1. The average molecular weight is 406 g/mol. The summed E-state index contributed by atoms with van der Waals surface area (Å²) >= 11 is 3.12. The number of thioether (sulfide) groups is 1. The van der Waals surface area contributed by atoms with Gasteiger partial charge in [0.1, 0.15) is 5.03 Å². The van der Waals surface area contributed by atoms with Crippen molar-refractivity contribution in [1.82, 2.24) is 13.6 Å². The number of carboxylic acid groups (broad SMARTS) is 2. The van der Waals surface area contributed by atoms with E-state index >= 15 is 0 Å². The van der Waals surface area contributed by atoms with Crippen LogP contribution in [0.5, 0.6) is 0 Å². The van der Waals surface area contributed by atoms with Gasteiger partial charge in [-0.25, -0.2) is 9.59 Å². The van der Waals surface area contributed by atoms with Gasteiger partial charge in [-0.1, -0.05) is 0 Å². The Morgan fingerprint density at radius 1 is 1.28 bits per heavy atom. The van der Waals surface area contributed by atoms with E-state index in [2.05, 4.69) is 13.6 Å². The summed E-state index contributed by atoms with van der Waals surface area (Å²) in [6.45, 7) is 3.67. The number of aliphatic carboxylic acids is 2. The number of carboxylic acids is 2. The van der Waals surface area contributed by atoms with Crippen molar-refractivity contribution in [2.24, 2.45) is 5.92 Å². The fraction of sp³-hybridized carbons (Fsp3) is 0.714. The van der Waals surface area contributed by atoms with Crippen LogP contribution in [0.2, 0.25) is 0 Å². The van der Waals surface area contributed by atoms with Crippen molar-refractivity contribution in [2.75, 3.05) is 31.1 Å². The van der Waals surface area contributed by atoms with Crippen LogP contribution in [0, 0.1) is 5.92 Å². The Balaban J connectivity index is 0.000000265. The lowest BCUT2D eigenvalue weighted by atomic mass is 9.89. The summed E-state index contributed by atoms with van der Waals surface area (Å²) in [6, 6.07) is 0. The van der Waals surface area contributed by atoms with Gasteiger partial charge in [0.05, 0.1) is 22.7 Å². The van der Waals surface area contributed by atoms with Gasteiger partial charge in [-0.05, 0) is 25.3 Å². The van der Waals surface area contributed by atoms with Crippen molar-refractivity contribution >= 4 is 46.2 Å². The largest absolute Gasteiger partial charge is 0.473 e. The van der Waals surface area contributed by atoms with Gasteiger partial charge in [-0.3, -0.25) is 4.21 Å². The summed E-state index contributed by atoms with van der Waals surface area (Å²) in [5.74, 6) is -0.434. The van der Waals surface area contributed by atoms with E-state index in [1.807, 2.05) is 0 Å². The summed E-state index contributed by atoms with van der Waals surface area (Å²) in [7, 11) is -0.547. The van der Waals surface area contributed by atoms with Crippen LogP contribution in [0.1, 0.15) is 24.5 Å². The first-order valence-electron chi connectivity index (χ1n) is 7.96. The maximum atomic E-state index is 11.2. The third-order valence-electron chi connectivity index (χ3n) is 4.59. The Labute approximate surface area is 155 Å². The highest BCUT2D eigenvalue weighted by atomic mass is 32.2. The molecule has 3 aliphatic rings. The maximum absolute atomic E-state index is 11.2. The minimum Gasteiger partial charge on any atom is -0.473 e. The van der Waals surface area contributed by atoms with Crippen LogP contribution in [0.25, 0.3) is 0 Å². The Morgan fingerprint density at radius 2 is 2.00 bits per heavy atom. The monoisotopic (exact) mass is 405 g/mol. The highest BCUT2D eigenvalue weighted by Crippen LogP contribution is 2.41. The van der Waals surface area contributed by atoms with Crippen LogP contribution in [-0.4, -0.2) is 76.4 Å². The molecule has 0 amide bonds. The molecule has 1 aromatic rings. The summed E-state index contributed by atoms with van der Waals surface area (Å²) in [4.78, 5) is 20.8. The molecule has 0 aliphatic carbocycles. The Hall–Kier alpha value is -1.04. The lowest BCUT2D eigenvalue weighted by molar-refractivity contribution is -0.159. The van der Waals surface area contributed by atoms with Crippen molar-refractivity contribution in [3.8, 4) is 0 Å². The predicted octanol–water partition coefficient (Wildman–Crippen LogP) is 0.726. The summed E-state index contributed by atoms with van der Waals surface area (Å²) in [6.07, 6.45) is 2.68. The second-order valence-electron chi connectivity index (χ2n) is 6.31. The highest BCUT2D eigenvalue weighted by Gasteiger charge is 2.39. The minimum absolute atomic E-state index is 0.408. The molecule has 0 spiro atoms. The molecule has 0 saturated carbocycles. The average Bonchev–Trinajstić information content (AvgIpc) is 2.98. The van der Waals surface area contributed by atoms with Crippen LogP contribution >= 0.6 is 23.5 Å². The molecule has 8 nitrogen and oxygen atoms in total. The minimum atomic E-state index is -1.82. The van der Waals surface area contributed by atoms with Gasteiger partial charge in [-0.2, -0.15) is 8.75 Å². The van der Waals surface area contributed by atoms with E-state index in [0.29, 0.717) is 11.2 Å². The molecule has 3 aliphatic heterocycles. The van der Waals surface area contributed by atoms with E-state index in [1.165, 1.54) is 49.9 Å². The lowest BCUT2D eigenvalue weighted by Crippen LogP contribution is -2.25. The summed E-state index contributed by atoms with van der Waals surface area (Å²) in [5.41, 5.74) is 1.23. The third-order valence-corrected chi connectivity index (χ3v) is 7.99. The molecule has 11 heteroatoms. The fourth-order valence-electron chi connectivity index (χ4n) is 3.28. The smallest absolute Gasteiger partial charge is 0.414 e. The number of fused-ring (bicyclic) bond motifs is 2. The molecular formula is C14H19N3O5S3. The second kappa shape index (κ2) is 8.11. The molecule has 4 heterocycles. The zero-order chi connectivity index (χ0) is 18.0. The lowest BCUT2D eigenvalue weighted by Gasteiger charge is -2.21. The van der Waals surface area contributed by atoms with Gasteiger partial charge >= 0.3 is 11.9 Å². The fourth-order valence-corrected chi connectivity index (χ4v) is 6.50. The molecule has 0 radical (unpaired) electrons. The van der Waals surface area contributed by atoms with E-state index in [1.54, 1.807) is 11.8 Å². The Kier molecular flexibility index (Phi) is 6.08. The van der Waals surface area contributed by atoms with Gasteiger partial charge in [0.15, 0.2) is 0 Å². The van der Waals surface area contributed by atoms with E-state index in [0.717, 1.165) is 22.4 Å². The maximum Gasteiger partial charge on any atom is 0.414 e. The zero-order valence-electron chi connectivity index (χ0n) is 13.4. The van der Waals surface area contributed by atoms with E-state index in [-0.39, 0.29) is 0 Å². The van der Waals surface area contributed by atoms with Crippen LogP contribution in [0.4, 0.5) is 0 Å². The zero-order valence-corrected chi connectivity index (χ0v) is 15.8. The molecule has 138 valence electrons. The van der Waals surface area contributed by atoms with E-state index < -0.39 is 22.7 Å². The molecule has 3 unspecified atom stereocenters. The van der Waals surface area contributed by atoms with Gasteiger partial charge in [-0.15, -0.1) is 11.8 Å². The first kappa shape index (κ1) is 18.7. The highest BCUT2D eigenvalue weighted by molar-refractivity contribution is 8.01. The van der Waals surface area contributed by atoms with Gasteiger partial charge in [0.25, 0.3) is 0 Å². The summed E-state index contributed by atoms with van der Waals surface area (Å²) in [5, 5.41) is 16.3. The van der Waals surface area contributed by atoms with Crippen molar-refractivity contribution in [3.05, 3.63) is 5.69 Å². The van der Waals surface area contributed by atoms with Gasteiger partial charge < -0.3 is 15.1 Å². The molecule has 25 heavy (non-hydrogen) atoms. The Morgan fingerprint density at radius 3 is 2.60 bits per heavy atom. The van der Waals surface area contributed by atoms with E-state index in [4.69, 9.17) is 19.8 Å². The topological polar surface area (TPSA) is 121 Å². The van der Waals surface area contributed by atoms with Gasteiger partial charge in [0, 0.05) is 41.3 Å². The number of hydrogen-bond donors (Lipinski definition) is 2. The Bertz CT molecular complexity index is 670. The molecule has 3 fully saturated rings. The van der Waals surface area contributed by atoms with Crippen LogP contribution in [0.3, 0.4) is 0 Å². The SMILES string of the molecule is O=C(O)C(=O)O.O=S1CC1CSc1nsnc1[C@H]1CN2CCC[C@H]1C2. The molecule has 3 saturated heterocycles. The molecule has 0 aromatic carbocycles. The second-order valence-corrected chi connectivity index (χ2v) is 9.61. The number of nitrogens with zero attached hydrogens (tertiary/aromatic N) is 3.